The van der Waals surface area contributed by atoms with Gasteiger partial charge in [-0.2, -0.15) is 0 Å². The number of benzene rings is 14. The number of aromatic nitrogens is 2. The maximum atomic E-state index is 7.40. The van der Waals surface area contributed by atoms with Crippen LogP contribution in [0, 0.1) is 49.4 Å². The van der Waals surface area contributed by atoms with Crippen molar-refractivity contribution in [1.82, 2.24) is 9.13 Å². The second-order valence-corrected chi connectivity index (χ2v) is 35.1. The van der Waals surface area contributed by atoms with E-state index in [1.54, 1.807) is 0 Å². The molecule has 2 aromatic heterocycles. The number of hydrogen-bond donors (Lipinski definition) is 0. The zero-order valence-corrected chi connectivity index (χ0v) is 70.4. The monoisotopic (exact) mass is 2170 g/mol. The fourth-order valence-corrected chi connectivity index (χ4v) is 25.9. The summed E-state index contributed by atoms with van der Waals surface area (Å²) < 4.78 is 4.36. The van der Waals surface area contributed by atoms with Gasteiger partial charge in [-0.25, -0.2) is 0 Å². The smallest absolute Gasteiger partial charge is 0.366 e. The largest absolute Gasteiger partial charge is 1.00 e. The maximum absolute atomic E-state index is 7.40. The van der Waals surface area contributed by atoms with E-state index in [9.17, 15) is 0 Å². The minimum atomic E-state index is -0.783. The molecule has 0 aliphatic heterocycles. The minimum Gasteiger partial charge on any atom is -0.366 e. The Bertz CT molecular complexity index is 4900. The molecule has 0 fully saturated rings. The molecule has 0 aliphatic rings. The van der Waals surface area contributed by atoms with Gasteiger partial charge in [-0.3, -0.25) is 23.7 Å². The first-order valence-corrected chi connectivity index (χ1v) is 41.1. The first-order chi connectivity index (χ1) is 50.5. The van der Waals surface area contributed by atoms with Gasteiger partial charge in [-0.1, -0.05) is 206 Å². The Morgan fingerprint density at radius 1 is 0.198 bits per heavy atom. The molecule has 0 aliphatic carbocycles. The van der Waals surface area contributed by atoms with Crippen LogP contribution in [0.3, 0.4) is 0 Å². The molecule has 0 N–H and O–H groups in total. The van der Waals surface area contributed by atoms with Crippen molar-refractivity contribution in [2.75, 3.05) is 24.6 Å². The summed E-state index contributed by atoms with van der Waals surface area (Å²) in [7, 11) is -3.13. The molecule has 106 heavy (non-hydrogen) atoms. The predicted octanol–water partition coefficient (Wildman–Crippen LogP) is 18.7. The van der Waals surface area contributed by atoms with Crippen molar-refractivity contribution in [3.05, 3.63) is 424 Å². The zero-order chi connectivity index (χ0) is 69.7. The quantitative estimate of drug-likeness (QED) is 0.0395. The molecule has 16 rings (SSSR count). The third-order valence-corrected chi connectivity index (χ3v) is 30.6. The Morgan fingerprint density at radius 2 is 0.387 bits per heavy atom. The number of hydrogen-bond acceptors (Lipinski definition) is 0. The van der Waals surface area contributed by atoms with E-state index in [0.717, 1.165) is 77.2 Å². The van der Waals surface area contributed by atoms with Gasteiger partial charge >= 0.3 is 89.5 Å². The van der Waals surface area contributed by atoms with Crippen molar-refractivity contribution in [3.8, 4) is 35.1 Å². The maximum Gasteiger partial charge on any atom is 1.00 e. The molecule has 10 heteroatoms. The average Bonchev–Trinajstić information content (AvgIpc) is 1.60. The van der Waals surface area contributed by atoms with E-state index in [1.807, 2.05) is 109 Å². The van der Waals surface area contributed by atoms with Crippen molar-refractivity contribution in [2.24, 2.45) is 0 Å². The van der Waals surface area contributed by atoms with Gasteiger partial charge in [0.1, 0.15) is 24.6 Å². The molecule has 2 heterocycles. The molecule has 0 unspecified atom stereocenters. The second-order valence-electron chi connectivity index (χ2n) is 24.6. The topological polar surface area (TPSA) is 9.86 Å². The van der Waals surface area contributed by atoms with Gasteiger partial charge < -0.3 is 34.8 Å². The molecule has 0 saturated heterocycles. The van der Waals surface area contributed by atoms with Crippen molar-refractivity contribution in [2.45, 2.75) is 0 Å². The van der Waals surface area contributed by atoms with E-state index in [1.165, 1.54) is 67.1 Å². The van der Waals surface area contributed by atoms with Crippen LogP contribution in [-0.4, -0.2) is 33.8 Å². The first-order valence-electron chi connectivity index (χ1n) is 34.3. The molecule has 2 nitrogen and oxygen atoms in total. The molecule has 16 aromatic rings. The predicted molar refractivity (Wildman–Crippen MR) is 448 cm³/mol. The second kappa shape index (κ2) is 41.6. The Labute approximate surface area is 693 Å². The fraction of sp³-hybridized carbons (Fsp3) is 0.0417. The molecule has 528 valence electrons. The van der Waals surface area contributed by atoms with E-state index < -0.39 is 31.7 Å². The van der Waals surface area contributed by atoms with Crippen LogP contribution in [0.15, 0.2) is 376 Å². The van der Waals surface area contributed by atoms with Gasteiger partial charge in [0, 0.05) is 33.2 Å². The van der Waals surface area contributed by atoms with E-state index in [2.05, 4.69) is 300 Å². The minimum absolute atomic E-state index is 0. The van der Waals surface area contributed by atoms with Crippen LogP contribution < -0.4 is 42.4 Å². The molecular weight excluding hydrogens is 2090 g/mol. The van der Waals surface area contributed by atoms with E-state index in [0.29, 0.717) is 0 Å². The van der Waals surface area contributed by atoms with Crippen LogP contribution in [-0.2, 0) is 89.5 Å². The third kappa shape index (κ3) is 20.2. The fourth-order valence-electron chi connectivity index (χ4n) is 13.5. The van der Waals surface area contributed by atoms with Gasteiger partial charge in [-0.05, 0) is 132 Å². The number of nitrogens with zero attached hydrogens (tertiary/aromatic N) is 2. The summed E-state index contributed by atoms with van der Waals surface area (Å²) >= 11 is 0. The van der Waals surface area contributed by atoms with Crippen LogP contribution in [0.1, 0.15) is 22.3 Å². The number of rotatable bonds is 16. The molecule has 0 saturated carbocycles. The average molecular weight is 2170 g/mol. The Balaban J connectivity index is 0.000000162. The Hall–Kier alpha value is -8.40. The normalized spacial score (nSPS) is 10.4. The Morgan fingerprint density at radius 3 is 0.594 bits per heavy atom. The van der Waals surface area contributed by atoms with E-state index in [-0.39, 0.29) is 89.5 Å². The Kier molecular flexibility index (Phi) is 32.1. The van der Waals surface area contributed by atoms with Crippen LogP contribution in [0.2, 0.25) is 0 Å². The third-order valence-electron chi connectivity index (χ3n) is 18.4. The zero-order valence-electron chi connectivity index (χ0n) is 57.7. The van der Waals surface area contributed by atoms with Crippen molar-refractivity contribution < 1.29 is 89.5 Å². The molecule has 0 amide bonds. The number of fused-ring (bicyclic) bond motifs is 6. The van der Waals surface area contributed by atoms with E-state index in [4.69, 9.17) is 25.7 Å². The SMILES string of the molecule is [Au+].[Au+].[Au+].[Au+].[C-]#Cc1ccc2c(c1)c1ccc(C#[C-])cc1n2-c1ccccc1.[C-]#Cc1ccc2c(c1)c1ccc(C#[C-])cc1n2-c1ccccc1.c1ccc([PH+](CC[PH+](c2ccccc2)c2ccccc2)c2ccccc2)cc1.c1ccc([PH+](CC[PH+](c2ccccc2)c2ccccc2)c2ccccc2)cc1. The van der Waals surface area contributed by atoms with Gasteiger partial charge in [0.15, 0.2) is 0 Å². The number of para-hydroxylation sites is 2. The summed E-state index contributed by atoms with van der Waals surface area (Å²) in [6, 6.07) is 133. The molecule has 0 radical (unpaired) electrons. The van der Waals surface area contributed by atoms with Gasteiger partial charge in [-0.15, -0.1) is 70.8 Å². The first kappa shape index (κ1) is 81.7. The summed E-state index contributed by atoms with van der Waals surface area (Å²) in [6.07, 6.45) is 34.6. The summed E-state index contributed by atoms with van der Waals surface area (Å²) in [4.78, 5) is 0. The van der Waals surface area contributed by atoms with Crippen LogP contribution in [0.5, 0.6) is 0 Å². The molecule has 0 atom stereocenters. The van der Waals surface area contributed by atoms with Crippen LogP contribution in [0.4, 0.5) is 0 Å². The standard InChI is InChI=1S/2C26H24P2.2C22H11N.4Au/c2*1-5-13-23(14-6-1)27(24-15-7-2-8-16-24)21-22-28(25-17-9-3-10-18-25)26-19-11-4-12-20-26;2*1-3-16-11-13-21-20(14-16)19-12-10-17(4-2)15-22(19)23(21)18-8-6-5-7-9-18;;;;/h2*1-20H,21-22H2;2*5-15H;;;;/q;;2*-2;4*+1/p+4. The summed E-state index contributed by atoms with van der Waals surface area (Å²) in [5.74, 6) is 9.83. The van der Waals surface area contributed by atoms with Crippen molar-refractivity contribution in [3.63, 3.8) is 0 Å². The van der Waals surface area contributed by atoms with Gasteiger partial charge in [0.2, 0.25) is 0 Å². The van der Waals surface area contributed by atoms with Crippen LogP contribution in [0.25, 0.3) is 55.0 Å². The molecular formula is C96H74Au4N2P4+4. The van der Waals surface area contributed by atoms with Crippen LogP contribution >= 0.6 is 31.7 Å². The summed E-state index contributed by atoms with van der Waals surface area (Å²) in [5, 5.41) is 16.5. The van der Waals surface area contributed by atoms with E-state index >= 15 is 0 Å². The molecule has 14 aromatic carbocycles. The molecule has 0 bridgehead atoms. The van der Waals surface area contributed by atoms with Crippen molar-refractivity contribution >= 4 is 118 Å². The van der Waals surface area contributed by atoms with Gasteiger partial charge in [0.05, 0.1) is 85.2 Å². The van der Waals surface area contributed by atoms with Gasteiger partial charge in [0.25, 0.3) is 0 Å². The molecule has 0 spiro atoms. The summed E-state index contributed by atoms with van der Waals surface area (Å²) in [6.45, 7) is 0. The summed E-state index contributed by atoms with van der Waals surface area (Å²) in [5.41, 5.74) is 9.37. The van der Waals surface area contributed by atoms with Crippen molar-refractivity contribution in [1.29, 1.82) is 0 Å².